The Morgan fingerprint density at radius 2 is 1.93 bits per heavy atom. The van der Waals surface area contributed by atoms with Crippen molar-refractivity contribution >= 4 is 29.5 Å². The van der Waals surface area contributed by atoms with Gasteiger partial charge in [-0.2, -0.15) is 0 Å². The number of halogens is 1. The van der Waals surface area contributed by atoms with Gasteiger partial charge in [-0.05, 0) is 30.2 Å². The molecule has 0 radical (unpaired) electrons. The third-order valence-corrected chi connectivity index (χ3v) is 4.54. The van der Waals surface area contributed by atoms with Crippen molar-refractivity contribution in [3.05, 3.63) is 64.7 Å². The van der Waals surface area contributed by atoms with E-state index in [-0.39, 0.29) is 6.61 Å². The summed E-state index contributed by atoms with van der Waals surface area (Å²) in [6.07, 6.45) is -0.875. The number of imide groups is 1. The Morgan fingerprint density at radius 1 is 1.18 bits per heavy atom. The van der Waals surface area contributed by atoms with Gasteiger partial charge in [0.25, 0.3) is 5.91 Å². The first kappa shape index (κ1) is 19.7. The maximum Gasteiger partial charge on any atom is 0.321 e. The van der Waals surface area contributed by atoms with E-state index in [0.29, 0.717) is 22.8 Å². The minimum atomic E-state index is -1.26. The molecule has 28 heavy (non-hydrogen) atoms. The SMILES string of the molecule is CNC(=O)NC(=O)C(OC(=O)C1COc2ccc(Cl)cc2C1)c1ccccc1. The summed E-state index contributed by atoms with van der Waals surface area (Å²) in [7, 11) is 1.38. The van der Waals surface area contributed by atoms with Crippen molar-refractivity contribution in [2.24, 2.45) is 5.92 Å². The fourth-order valence-electron chi connectivity index (χ4n) is 2.87. The summed E-state index contributed by atoms with van der Waals surface area (Å²) in [5, 5.41) is 4.98. The van der Waals surface area contributed by atoms with Crippen LogP contribution in [0.25, 0.3) is 0 Å². The van der Waals surface area contributed by atoms with Crippen LogP contribution >= 0.6 is 11.6 Å². The number of urea groups is 1. The molecule has 2 atom stereocenters. The predicted octanol–water partition coefficient (Wildman–Crippen LogP) is 2.63. The first-order chi connectivity index (χ1) is 13.5. The fourth-order valence-corrected chi connectivity index (χ4v) is 3.06. The van der Waals surface area contributed by atoms with Crippen LogP contribution in [0.1, 0.15) is 17.2 Å². The molecule has 8 heteroatoms. The second-order valence-corrected chi connectivity index (χ2v) is 6.70. The first-order valence-corrected chi connectivity index (χ1v) is 9.05. The maximum atomic E-state index is 12.7. The lowest BCUT2D eigenvalue weighted by molar-refractivity contribution is -0.161. The third kappa shape index (κ3) is 4.61. The van der Waals surface area contributed by atoms with E-state index in [4.69, 9.17) is 21.1 Å². The number of carbonyl (C=O) groups is 3. The summed E-state index contributed by atoms with van der Waals surface area (Å²) in [6.45, 7) is 0.131. The van der Waals surface area contributed by atoms with E-state index in [1.807, 2.05) is 0 Å². The molecule has 7 nitrogen and oxygen atoms in total. The zero-order chi connectivity index (χ0) is 20.1. The van der Waals surface area contributed by atoms with Crippen molar-refractivity contribution in [2.75, 3.05) is 13.7 Å². The smallest absolute Gasteiger partial charge is 0.321 e. The van der Waals surface area contributed by atoms with Gasteiger partial charge < -0.3 is 14.8 Å². The Labute approximate surface area is 167 Å². The van der Waals surface area contributed by atoms with Crippen LogP contribution in [-0.4, -0.2) is 31.6 Å². The maximum absolute atomic E-state index is 12.7. The van der Waals surface area contributed by atoms with Gasteiger partial charge in [-0.15, -0.1) is 0 Å². The van der Waals surface area contributed by atoms with Crippen LogP contribution in [-0.2, 0) is 20.7 Å². The lowest BCUT2D eigenvalue weighted by atomic mass is 9.96. The van der Waals surface area contributed by atoms with Crippen molar-refractivity contribution in [3.63, 3.8) is 0 Å². The minimum Gasteiger partial charge on any atom is -0.492 e. The number of amides is 3. The molecule has 0 spiro atoms. The van der Waals surface area contributed by atoms with E-state index in [1.54, 1.807) is 48.5 Å². The average molecular weight is 403 g/mol. The van der Waals surface area contributed by atoms with Crippen LogP contribution in [0.5, 0.6) is 5.75 Å². The number of hydrogen-bond acceptors (Lipinski definition) is 5. The van der Waals surface area contributed by atoms with Gasteiger partial charge >= 0.3 is 12.0 Å². The number of fused-ring (bicyclic) bond motifs is 1. The number of esters is 1. The molecule has 3 rings (SSSR count). The van der Waals surface area contributed by atoms with Gasteiger partial charge in [0.2, 0.25) is 6.10 Å². The quantitative estimate of drug-likeness (QED) is 0.767. The van der Waals surface area contributed by atoms with E-state index in [0.717, 1.165) is 5.56 Å². The minimum absolute atomic E-state index is 0.131. The van der Waals surface area contributed by atoms with Gasteiger partial charge in [0.1, 0.15) is 12.4 Å². The van der Waals surface area contributed by atoms with Gasteiger partial charge in [0.15, 0.2) is 0 Å². The van der Waals surface area contributed by atoms with Gasteiger partial charge in [0, 0.05) is 17.6 Å². The number of benzene rings is 2. The van der Waals surface area contributed by atoms with Crippen molar-refractivity contribution in [1.29, 1.82) is 0 Å². The van der Waals surface area contributed by atoms with E-state index >= 15 is 0 Å². The van der Waals surface area contributed by atoms with E-state index < -0.39 is 29.9 Å². The lowest BCUT2D eigenvalue weighted by Gasteiger charge is -2.26. The molecule has 146 valence electrons. The third-order valence-electron chi connectivity index (χ3n) is 4.30. The highest BCUT2D eigenvalue weighted by molar-refractivity contribution is 6.30. The summed E-state index contributed by atoms with van der Waals surface area (Å²) in [6, 6.07) is 13.0. The number of rotatable bonds is 4. The molecular weight excluding hydrogens is 384 g/mol. The van der Waals surface area contributed by atoms with Gasteiger partial charge in [-0.3, -0.25) is 14.9 Å². The fraction of sp³-hybridized carbons (Fsp3) is 0.250. The average Bonchev–Trinajstić information content (AvgIpc) is 2.71. The van der Waals surface area contributed by atoms with Crippen LogP contribution < -0.4 is 15.4 Å². The Hall–Kier alpha value is -3.06. The van der Waals surface area contributed by atoms with Crippen LogP contribution in [0.4, 0.5) is 4.79 Å². The van der Waals surface area contributed by atoms with Crippen LogP contribution in [0.2, 0.25) is 5.02 Å². The molecule has 0 saturated carbocycles. The summed E-state index contributed by atoms with van der Waals surface area (Å²) in [4.78, 5) is 36.7. The lowest BCUT2D eigenvalue weighted by Crippen LogP contribution is -2.42. The molecule has 0 aromatic heterocycles. The van der Waals surface area contributed by atoms with Gasteiger partial charge in [0.05, 0.1) is 5.92 Å². The molecule has 2 N–H and O–H groups in total. The standard InChI is InChI=1S/C20H19ClN2O5/c1-22-20(26)23-18(24)17(12-5-3-2-4-6-12)28-19(25)14-9-13-10-15(21)7-8-16(13)27-11-14/h2-8,10,14,17H,9,11H2,1H3,(H2,22,23,24,26). The highest BCUT2D eigenvalue weighted by atomic mass is 35.5. The van der Waals surface area contributed by atoms with Gasteiger partial charge in [-0.25, -0.2) is 4.79 Å². The molecule has 2 aromatic carbocycles. The molecule has 1 aliphatic heterocycles. The zero-order valence-corrected chi connectivity index (χ0v) is 15.9. The zero-order valence-electron chi connectivity index (χ0n) is 15.1. The Morgan fingerprint density at radius 3 is 2.64 bits per heavy atom. The van der Waals surface area contributed by atoms with Gasteiger partial charge in [-0.1, -0.05) is 41.9 Å². The number of ether oxygens (including phenoxy) is 2. The van der Waals surface area contributed by atoms with Crippen molar-refractivity contribution < 1.29 is 23.9 Å². The van der Waals surface area contributed by atoms with Crippen molar-refractivity contribution in [3.8, 4) is 5.75 Å². The molecule has 3 amide bonds. The highest BCUT2D eigenvalue weighted by Gasteiger charge is 2.32. The summed E-state index contributed by atoms with van der Waals surface area (Å²) < 4.78 is 11.1. The normalized spacial score (nSPS) is 16.1. The Bertz CT molecular complexity index is 887. The largest absolute Gasteiger partial charge is 0.492 e. The molecule has 0 aliphatic carbocycles. The monoisotopic (exact) mass is 402 g/mol. The number of carbonyl (C=O) groups excluding carboxylic acids is 3. The molecular formula is C20H19ClN2O5. The second-order valence-electron chi connectivity index (χ2n) is 6.26. The van der Waals surface area contributed by atoms with Crippen LogP contribution in [0, 0.1) is 5.92 Å². The number of hydrogen-bond donors (Lipinski definition) is 2. The van der Waals surface area contributed by atoms with Crippen molar-refractivity contribution in [1.82, 2.24) is 10.6 Å². The molecule has 0 fully saturated rings. The first-order valence-electron chi connectivity index (χ1n) is 8.67. The summed E-state index contributed by atoms with van der Waals surface area (Å²) >= 11 is 6.01. The molecule has 1 aliphatic rings. The summed E-state index contributed by atoms with van der Waals surface area (Å²) in [5.74, 6) is -1.25. The Balaban J connectivity index is 1.76. The highest BCUT2D eigenvalue weighted by Crippen LogP contribution is 2.31. The van der Waals surface area contributed by atoms with E-state index in [1.165, 1.54) is 7.05 Å². The molecule has 0 bridgehead atoms. The Kier molecular flexibility index (Phi) is 6.16. The number of nitrogens with one attached hydrogen (secondary N) is 2. The van der Waals surface area contributed by atoms with Crippen LogP contribution in [0.3, 0.4) is 0 Å². The molecule has 1 heterocycles. The second kappa shape index (κ2) is 8.75. The van der Waals surface area contributed by atoms with Crippen molar-refractivity contribution in [2.45, 2.75) is 12.5 Å². The predicted molar refractivity (Wildman–Crippen MR) is 102 cm³/mol. The molecule has 2 aromatic rings. The summed E-state index contributed by atoms with van der Waals surface area (Å²) in [5.41, 5.74) is 1.25. The van der Waals surface area contributed by atoms with E-state index in [9.17, 15) is 14.4 Å². The van der Waals surface area contributed by atoms with Crippen LogP contribution in [0.15, 0.2) is 48.5 Å². The molecule has 0 saturated heterocycles. The van der Waals surface area contributed by atoms with E-state index in [2.05, 4.69) is 10.6 Å². The topological polar surface area (TPSA) is 93.7 Å². The molecule has 2 unspecified atom stereocenters.